The maximum absolute atomic E-state index is 12.7. The summed E-state index contributed by atoms with van der Waals surface area (Å²) in [6.07, 6.45) is 0. The summed E-state index contributed by atoms with van der Waals surface area (Å²) >= 11 is 1.48. The Hall–Kier alpha value is -3.06. The number of carbonyl (C=O) groups excluding carboxylic acids is 1. The van der Waals surface area contributed by atoms with Crippen molar-refractivity contribution in [3.63, 3.8) is 0 Å². The number of rotatable bonds is 6. The molecule has 0 saturated heterocycles. The van der Waals surface area contributed by atoms with Crippen LogP contribution in [0.25, 0.3) is 0 Å². The molecule has 0 fully saturated rings. The number of carbonyl (C=O) groups is 1. The molecule has 0 saturated carbocycles. The molecule has 7 heteroatoms. The first-order chi connectivity index (χ1) is 13.5. The van der Waals surface area contributed by atoms with Gasteiger partial charge in [-0.25, -0.2) is 9.97 Å². The van der Waals surface area contributed by atoms with Gasteiger partial charge in [-0.15, -0.1) is 0 Å². The highest BCUT2D eigenvalue weighted by molar-refractivity contribution is 7.99. The standard InChI is InChI=1S/C21H21N3O3S/c1-13-12-14(2)23-21(22-13)28-16-10-8-15(9-11-16)24-20(25)19-17(26-3)6-5-7-18(19)27-4/h5-12H,1-4H3,(H,24,25). The Morgan fingerprint density at radius 3 is 2.04 bits per heavy atom. The summed E-state index contributed by atoms with van der Waals surface area (Å²) < 4.78 is 10.6. The number of ether oxygens (including phenoxy) is 2. The van der Waals surface area contributed by atoms with E-state index in [1.807, 2.05) is 44.2 Å². The molecule has 1 amide bonds. The second-order valence-electron chi connectivity index (χ2n) is 6.05. The van der Waals surface area contributed by atoms with Crippen LogP contribution in [0.4, 0.5) is 5.69 Å². The second-order valence-corrected chi connectivity index (χ2v) is 7.09. The molecule has 1 aromatic heterocycles. The van der Waals surface area contributed by atoms with Gasteiger partial charge in [0.1, 0.15) is 17.1 Å². The van der Waals surface area contributed by atoms with E-state index in [0.29, 0.717) is 27.9 Å². The smallest absolute Gasteiger partial charge is 0.263 e. The van der Waals surface area contributed by atoms with Gasteiger partial charge in [0, 0.05) is 22.0 Å². The fraction of sp³-hybridized carbons (Fsp3) is 0.190. The zero-order valence-corrected chi connectivity index (χ0v) is 17.0. The van der Waals surface area contributed by atoms with Crippen LogP contribution in [-0.2, 0) is 0 Å². The third-order valence-electron chi connectivity index (χ3n) is 3.94. The van der Waals surface area contributed by atoms with Crippen LogP contribution in [0.3, 0.4) is 0 Å². The number of aromatic nitrogens is 2. The van der Waals surface area contributed by atoms with Crippen LogP contribution in [0.2, 0.25) is 0 Å². The van der Waals surface area contributed by atoms with Gasteiger partial charge in [0.05, 0.1) is 14.2 Å². The van der Waals surface area contributed by atoms with Crippen LogP contribution >= 0.6 is 11.8 Å². The molecule has 0 bridgehead atoms. The van der Waals surface area contributed by atoms with Crippen molar-refractivity contribution in [2.45, 2.75) is 23.9 Å². The van der Waals surface area contributed by atoms with Crippen LogP contribution in [0.5, 0.6) is 11.5 Å². The zero-order valence-electron chi connectivity index (χ0n) is 16.1. The zero-order chi connectivity index (χ0) is 20.1. The summed E-state index contributed by atoms with van der Waals surface area (Å²) in [5, 5.41) is 3.58. The highest BCUT2D eigenvalue weighted by Gasteiger charge is 2.18. The number of hydrogen-bond acceptors (Lipinski definition) is 6. The third kappa shape index (κ3) is 4.61. The molecular weight excluding hydrogens is 374 g/mol. The van der Waals surface area contributed by atoms with Gasteiger partial charge < -0.3 is 14.8 Å². The Bertz CT molecular complexity index is 948. The van der Waals surface area contributed by atoms with E-state index in [4.69, 9.17) is 9.47 Å². The SMILES string of the molecule is COc1cccc(OC)c1C(=O)Nc1ccc(Sc2nc(C)cc(C)n2)cc1. The van der Waals surface area contributed by atoms with Crippen molar-refractivity contribution in [2.75, 3.05) is 19.5 Å². The number of amides is 1. The second kappa shape index (κ2) is 8.75. The molecular formula is C21H21N3O3S. The molecule has 0 spiro atoms. The normalized spacial score (nSPS) is 10.4. The first kappa shape index (κ1) is 19.7. The minimum absolute atomic E-state index is 0.299. The lowest BCUT2D eigenvalue weighted by molar-refractivity contribution is 0.102. The van der Waals surface area contributed by atoms with E-state index in [9.17, 15) is 4.79 Å². The monoisotopic (exact) mass is 395 g/mol. The molecule has 2 aromatic carbocycles. The summed E-state index contributed by atoms with van der Waals surface area (Å²) in [7, 11) is 3.04. The summed E-state index contributed by atoms with van der Waals surface area (Å²) in [6.45, 7) is 3.90. The van der Waals surface area contributed by atoms with E-state index in [-0.39, 0.29) is 5.91 Å². The van der Waals surface area contributed by atoms with Gasteiger partial charge in [-0.3, -0.25) is 4.79 Å². The predicted octanol–water partition coefficient (Wildman–Crippen LogP) is 4.51. The van der Waals surface area contributed by atoms with Crippen LogP contribution in [0.15, 0.2) is 58.6 Å². The van der Waals surface area contributed by atoms with E-state index in [1.54, 1.807) is 18.2 Å². The third-order valence-corrected chi connectivity index (χ3v) is 4.81. The average molecular weight is 395 g/mol. The number of hydrogen-bond donors (Lipinski definition) is 1. The topological polar surface area (TPSA) is 73.3 Å². The van der Waals surface area contributed by atoms with Gasteiger partial charge in [-0.2, -0.15) is 0 Å². The summed E-state index contributed by atoms with van der Waals surface area (Å²) in [6, 6.07) is 14.7. The molecule has 0 aliphatic heterocycles. The van der Waals surface area contributed by atoms with E-state index in [0.717, 1.165) is 16.3 Å². The van der Waals surface area contributed by atoms with E-state index < -0.39 is 0 Å². The van der Waals surface area contributed by atoms with E-state index >= 15 is 0 Å². The Morgan fingerprint density at radius 2 is 1.50 bits per heavy atom. The number of nitrogens with zero attached hydrogens (tertiary/aromatic N) is 2. The number of anilines is 1. The van der Waals surface area contributed by atoms with E-state index in [2.05, 4.69) is 15.3 Å². The number of benzene rings is 2. The minimum Gasteiger partial charge on any atom is -0.496 e. The lowest BCUT2D eigenvalue weighted by Crippen LogP contribution is -2.14. The molecule has 3 rings (SSSR count). The molecule has 3 aromatic rings. The van der Waals surface area contributed by atoms with Crippen molar-refractivity contribution < 1.29 is 14.3 Å². The molecule has 0 aliphatic rings. The minimum atomic E-state index is -0.299. The molecule has 0 radical (unpaired) electrons. The van der Waals surface area contributed by atoms with Crippen LogP contribution in [0.1, 0.15) is 21.7 Å². The summed E-state index contributed by atoms with van der Waals surface area (Å²) in [4.78, 5) is 22.6. The number of aryl methyl sites for hydroxylation is 2. The van der Waals surface area contributed by atoms with Crippen molar-refractivity contribution in [1.29, 1.82) is 0 Å². The molecule has 6 nitrogen and oxygen atoms in total. The molecule has 28 heavy (non-hydrogen) atoms. The average Bonchev–Trinajstić information content (AvgIpc) is 2.68. The Kier molecular flexibility index (Phi) is 6.16. The van der Waals surface area contributed by atoms with Gasteiger partial charge >= 0.3 is 0 Å². The lowest BCUT2D eigenvalue weighted by atomic mass is 10.1. The van der Waals surface area contributed by atoms with Gasteiger partial charge in [-0.05, 0) is 68.1 Å². The fourth-order valence-electron chi connectivity index (χ4n) is 2.72. The Balaban J connectivity index is 1.75. The fourth-order valence-corrected chi connectivity index (χ4v) is 3.58. The van der Waals surface area contributed by atoms with Gasteiger partial charge in [0.25, 0.3) is 5.91 Å². The van der Waals surface area contributed by atoms with Crippen molar-refractivity contribution in [3.8, 4) is 11.5 Å². The van der Waals surface area contributed by atoms with Gasteiger partial charge in [0.15, 0.2) is 5.16 Å². The van der Waals surface area contributed by atoms with E-state index in [1.165, 1.54) is 26.0 Å². The highest BCUT2D eigenvalue weighted by Crippen LogP contribution is 2.30. The molecule has 144 valence electrons. The largest absolute Gasteiger partial charge is 0.496 e. The molecule has 1 heterocycles. The van der Waals surface area contributed by atoms with Gasteiger partial charge in [0.2, 0.25) is 0 Å². The van der Waals surface area contributed by atoms with Crippen LogP contribution in [0, 0.1) is 13.8 Å². The Labute approximate surface area is 168 Å². The molecule has 0 unspecified atom stereocenters. The van der Waals surface area contributed by atoms with Gasteiger partial charge in [-0.1, -0.05) is 6.07 Å². The predicted molar refractivity (Wildman–Crippen MR) is 110 cm³/mol. The van der Waals surface area contributed by atoms with Crippen LogP contribution < -0.4 is 14.8 Å². The number of methoxy groups -OCH3 is 2. The van der Waals surface area contributed by atoms with Crippen molar-refractivity contribution >= 4 is 23.4 Å². The van der Waals surface area contributed by atoms with Crippen molar-refractivity contribution in [1.82, 2.24) is 9.97 Å². The first-order valence-corrected chi connectivity index (χ1v) is 9.44. The molecule has 0 aliphatic carbocycles. The first-order valence-electron chi connectivity index (χ1n) is 8.62. The van der Waals surface area contributed by atoms with Crippen molar-refractivity contribution in [3.05, 3.63) is 65.5 Å². The number of nitrogens with one attached hydrogen (secondary N) is 1. The summed E-state index contributed by atoms with van der Waals surface area (Å²) in [5.41, 5.74) is 2.90. The maximum Gasteiger partial charge on any atom is 0.263 e. The van der Waals surface area contributed by atoms with Crippen LogP contribution in [-0.4, -0.2) is 30.1 Å². The quantitative estimate of drug-likeness (QED) is 0.619. The van der Waals surface area contributed by atoms with Crippen molar-refractivity contribution in [2.24, 2.45) is 0 Å². The molecule has 0 atom stereocenters. The highest BCUT2D eigenvalue weighted by atomic mass is 32.2. The molecule has 1 N–H and O–H groups in total. The Morgan fingerprint density at radius 1 is 0.929 bits per heavy atom. The maximum atomic E-state index is 12.7. The summed E-state index contributed by atoms with van der Waals surface area (Å²) in [5.74, 6) is 0.610. The lowest BCUT2D eigenvalue weighted by Gasteiger charge is -2.13.